The van der Waals surface area contributed by atoms with Crippen LogP contribution in [0.5, 0.6) is 0 Å². The molecule has 0 bridgehead atoms. The van der Waals surface area contributed by atoms with Gasteiger partial charge in [-0.2, -0.15) is 0 Å². The second kappa shape index (κ2) is 10.7. The van der Waals surface area contributed by atoms with Gasteiger partial charge < -0.3 is 4.74 Å². The summed E-state index contributed by atoms with van der Waals surface area (Å²) in [5, 5.41) is 1.12. The quantitative estimate of drug-likeness (QED) is 0.303. The molecule has 0 saturated carbocycles. The number of ketones is 1. The Morgan fingerprint density at radius 1 is 0.973 bits per heavy atom. The van der Waals surface area contributed by atoms with Crippen molar-refractivity contribution in [1.29, 1.82) is 0 Å². The van der Waals surface area contributed by atoms with Crippen LogP contribution in [-0.4, -0.2) is 32.0 Å². The third kappa shape index (κ3) is 5.35. The van der Waals surface area contributed by atoms with Gasteiger partial charge in [-0.3, -0.25) is 14.2 Å². The lowest BCUT2D eigenvalue weighted by molar-refractivity contribution is 0.0979. The van der Waals surface area contributed by atoms with Crippen LogP contribution in [0.2, 0.25) is 0 Å². The van der Waals surface area contributed by atoms with Crippen LogP contribution >= 0.6 is 15.9 Å². The van der Waals surface area contributed by atoms with Crippen LogP contribution in [0.4, 0.5) is 4.79 Å². The van der Waals surface area contributed by atoms with Gasteiger partial charge in [0.25, 0.3) is 15.6 Å². The summed E-state index contributed by atoms with van der Waals surface area (Å²) >= 11 is 3.48. The highest BCUT2D eigenvalue weighted by molar-refractivity contribution is 9.10. The van der Waals surface area contributed by atoms with Gasteiger partial charge in [-0.15, -0.1) is 0 Å². The first-order valence-electron chi connectivity index (χ1n) is 11.3. The molecule has 0 unspecified atom stereocenters. The first kappa shape index (κ1) is 26.3. The molecule has 37 heavy (non-hydrogen) atoms. The SMILES string of the molecule is CCC(=O)c1c(-c2ccccc2)c2cc(Br)ccc2c(=O)n1Cc1ccc(S(=O)(=O)NC(=O)OC)cc1. The molecule has 8 nitrogen and oxygen atoms in total. The third-order valence-electron chi connectivity index (χ3n) is 5.86. The lowest BCUT2D eigenvalue weighted by Gasteiger charge is -2.19. The first-order chi connectivity index (χ1) is 17.7. The van der Waals surface area contributed by atoms with Gasteiger partial charge in [0.05, 0.1) is 24.2 Å². The predicted octanol–water partition coefficient (Wildman–Crippen LogP) is 5.12. The molecule has 0 fully saturated rings. The van der Waals surface area contributed by atoms with Crippen LogP contribution in [0.3, 0.4) is 0 Å². The Hall–Kier alpha value is -3.76. The van der Waals surface area contributed by atoms with Crippen molar-refractivity contribution in [3.05, 3.63) is 98.9 Å². The second-order valence-electron chi connectivity index (χ2n) is 8.19. The number of ether oxygens (including phenoxy) is 1. The average Bonchev–Trinajstić information content (AvgIpc) is 2.90. The van der Waals surface area contributed by atoms with Crippen molar-refractivity contribution < 1.29 is 22.7 Å². The molecular formula is C27H23BrN2O6S. The topological polar surface area (TPSA) is 112 Å². The van der Waals surface area contributed by atoms with Crippen molar-refractivity contribution >= 4 is 48.6 Å². The number of Topliss-reactive ketones (excluding diaryl/α,β-unsaturated/α-hetero) is 1. The van der Waals surface area contributed by atoms with Gasteiger partial charge in [0.15, 0.2) is 5.78 Å². The number of nitrogens with zero attached hydrogens (tertiary/aromatic N) is 1. The summed E-state index contributed by atoms with van der Waals surface area (Å²) in [5.74, 6) is -0.195. The number of pyridine rings is 1. The lowest BCUT2D eigenvalue weighted by atomic mass is 9.94. The molecule has 4 aromatic rings. The molecule has 1 N–H and O–H groups in total. The maximum absolute atomic E-state index is 13.7. The van der Waals surface area contributed by atoms with E-state index in [1.54, 1.807) is 23.8 Å². The number of hydrogen-bond acceptors (Lipinski definition) is 6. The van der Waals surface area contributed by atoms with E-state index in [9.17, 15) is 22.8 Å². The highest BCUT2D eigenvalue weighted by Crippen LogP contribution is 2.33. The summed E-state index contributed by atoms with van der Waals surface area (Å²) in [6.45, 7) is 1.78. The minimum Gasteiger partial charge on any atom is -0.452 e. The molecule has 1 aromatic heterocycles. The fraction of sp³-hybridized carbons (Fsp3) is 0.148. The smallest absolute Gasteiger partial charge is 0.420 e. The van der Waals surface area contributed by atoms with E-state index in [2.05, 4.69) is 20.7 Å². The number of halogens is 1. The van der Waals surface area contributed by atoms with Gasteiger partial charge in [0.2, 0.25) is 0 Å². The Bertz CT molecular complexity index is 1660. The second-order valence-corrected chi connectivity index (χ2v) is 10.8. The van der Waals surface area contributed by atoms with E-state index in [4.69, 9.17) is 0 Å². The van der Waals surface area contributed by atoms with Gasteiger partial charge in [-0.05, 0) is 46.8 Å². The van der Waals surface area contributed by atoms with E-state index in [1.165, 1.54) is 28.8 Å². The van der Waals surface area contributed by atoms with E-state index in [1.807, 2.05) is 36.4 Å². The number of hydrogen-bond donors (Lipinski definition) is 1. The fourth-order valence-corrected chi connectivity index (χ4v) is 5.37. The van der Waals surface area contributed by atoms with Crippen molar-refractivity contribution in [3.63, 3.8) is 0 Å². The van der Waals surface area contributed by atoms with Gasteiger partial charge >= 0.3 is 6.09 Å². The zero-order chi connectivity index (χ0) is 26.7. The van der Waals surface area contributed by atoms with E-state index in [0.29, 0.717) is 21.9 Å². The van der Waals surface area contributed by atoms with Crippen molar-refractivity contribution in [2.24, 2.45) is 0 Å². The molecule has 3 aromatic carbocycles. The van der Waals surface area contributed by atoms with Crippen molar-refractivity contribution in [3.8, 4) is 11.1 Å². The van der Waals surface area contributed by atoms with Crippen LogP contribution in [0, 0.1) is 0 Å². The summed E-state index contributed by atoms with van der Waals surface area (Å²) < 4.78 is 33.1. The molecular weight excluding hydrogens is 560 g/mol. The number of rotatable bonds is 7. The molecule has 4 rings (SSSR count). The molecule has 0 saturated heterocycles. The maximum Gasteiger partial charge on any atom is 0.420 e. The fourth-order valence-electron chi connectivity index (χ4n) is 4.09. The van der Waals surface area contributed by atoms with Gasteiger partial charge in [-0.25, -0.2) is 17.9 Å². The summed E-state index contributed by atoms with van der Waals surface area (Å²) in [4.78, 5) is 38.2. The number of fused-ring (bicyclic) bond motifs is 1. The standard InChI is InChI=1S/C27H23BrN2O6S/c1-3-23(31)25-24(18-7-5-4-6-8-18)22-15-19(28)11-14-21(22)26(32)30(25)16-17-9-12-20(13-10-17)37(34,35)29-27(33)36-2/h4-15H,3,16H2,1-2H3,(H,29,33). The van der Waals surface area contributed by atoms with Crippen LogP contribution in [-0.2, 0) is 21.3 Å². The highest BCUT2D eigenvalue weighted by Gasteiger charge is 2.23. The Labute approximate surface area is 222 Å². The Kier molecular flexibility index (Phi) is 7.60. The summed E-state index contributed by atoms with van der Waals surface area (Å²) in [6.07, 6.45) is -0.913. The van der Waals surface area contributed by atoms with Crippen LogP contribution in [0.15, 0.2) is 87.0 Å². The predicted molar refractivity (Wildman–Crippen MR) is 144 cm³/mol. The molecule has 0 radical (unpaired) electrons. The minimum atomic E-state index is -4.12. The van der Waals surface area contributed by atoms with E-state index in [-0.39, 0.29) is 34.9 Å². The summed E-state index contributed by atoms with van der Waals surface area (Å²) in [5.41, 5.74) is 2.01. The molecule has 0 aliphatic rings. The average molecular weight is 583 g/mol. The zero-order valence-electron chi connectivity index (χ0n) is 20.0. The number of benzene rings is 3. The number of sulfonamides is 1. The van der Waals surface area contributed by atoms with E-state index >= 15 is 0 Å². The molecule has 0 aliphatic carbocycles. The first-order valence-corrected chi connectivity index (χ1v) is 13.6. The number of methoxy groups -OCH3 is 1. The molecule has 10 heteroatoms. The molecule has 190 valence electrons. The van der Waals surface area contributed by atoms with Gasteiger partial charge in [0.1, 0.15) is 0 Å². The third-order valence-corrected chi connectivity index (χ3v) is 7.68. The number of amides is 1. The van der Waals surface area contributed by atoms with Gasteiger partial charge in [0, 0.05) is 21.8 Å². The van der Waals surface area contributed by atoms with E-state index in [0.717, 1.165) is 17.1 Å². The van der Waals surface area contributed by atoms with Crippen LogP contribution in [0.25, 0.3) is 21.9 Å². The normalized spacial score (nSPS) is 11.3. The van der Waals surface area contributed by atoms with Gasteiger partial charge in [-0.1, -0.05) is 65.3 Å². The highest BCUT2D eigenvalue weighted by atomic mass is 79.9. The lowest BCUT2D eigenvalue weighted by Crippen LogP contribution is -2.30. The van der Waals surface area contributed by atoms with Crippen molar-refractivity contribution in [2.75, 3.05) is 7.11 Å². The molecule has 0 aliphatic heterocycles. The molecule has 1 heterocycles. The monoisotopic (exact) mass is 582 g/mol. The Balaban J connectivity index is 1.90. The summed E-state index contributed by atoms with van der Waals surface area (Å²) in [6, 6.07) is 20.5. The number of nitrogens with one attached hydrogen (secondary N) is 1. The number of aromatic nitrogens is 1. The number of carbonyl (C=O) groups excluding carboxylic acids is 2. The van der Waals surface area contributed by atoms with Crippen LogP contribution < -0.4 is 10.3 Å². The van der Waals surface area contributed by atoms with E-state index < -0.39 is 16.1 Å². The number of carbonyl (C=O) groups is 2. The van der Waals surface area contributed by atoms with Crippen molar-refractivity contribution in [2.45, 2.75) is 24.8 Å². The Morgan fingerprint density at radius 3 is 2.27 bits per heavy atom. The van der Waals surface area contributed by atoms with Crippen LogP contribution in [0.1, 0.15) is 29.4 Å². The summed E-state index contributed by atoms with van der Waals surface area (Å²) in [7, 11) is -3.06. The zero-order valence-corrected chi connectivity index (χ0v) is 22.4. The Morgan fingerprint density at radius 2 is 1.65 bits per heavy atom. The molecule has 1 amide bonds. The minimum absolute atomic E-state index is 0.0382. The van der Waals surface area contributed by atoms with Crippen molar-refractivity contribution in [1.82, 2.24) is 9.29 Å². The molecule has 0 spiro atoms. The molecule has 0 atom stereocenters. The maximum atomic E-state index is 13.7. The largest absolute Gasteiger partial charge is 0.452 e.